The molecule has 2 aromatic heterocycles. The molecule has 0 N–H and O–H groups in total. The summed E-state index contributed by atoms with van der Waals surface area (Å²) in [6, 6.07) is 12.9. The molecule has 10 heteroatoms. The van der Waals surface area contributed by atoms with E-state index in [1.807, 2.05) is 4.90 Å². The zero-order chi connectivity index (χ0) is 27.4. The van der Waals surface area contributed by atoms with Crippen LogP contribution in [0, 0.1) is 34.8 Å². The average Bonchev–Trinajstić information content (AvgIpc) is 2.98. The minimum Gasteiger partial charge on any atom is -0.477 e. The smallest absolute Gasteiger partial charge is 0.225 e. The van der Waals surface area contributed by atoms with E-state index < -0.39 is 11.6 Å². The molecule has 2 aliphatic heterocycles. The van der Waals surface area contributed by atoms with Crippen LogP contribution in [0.4, 0.5) is 14.6 Å². The van der Waals surface area contributed by atoms with E-state index in [1.165, 1.54) is 12.3 Å². The number of carbonyl (C=O) groups excluding carboxylic acids is 1. The van der Waals surface area contributed by atoms with E-state index in [1.54, 1.807) is 36.5 Å². The summed E-state index contributed by atoms with van der Waals surface area (Å²) in [7, 11) is 0. The van der Waals surface area contributed by atoms with Crippen LogP contribution in [0.5, 0.6) is 5.88 Å². The zero-order valence-electron chi connectivity index (χ0n) is 21.3. The van der Waals surface area contributed by atoms with Crippen molar-refractivity contribution in [3.8, 4) is 11.9 Å². The maximum absolute atomic E-state index is 14.2. The van der Waals surface area contributed by atoms with Crippen molar-refractivity contribution in [3.63, 3.8) is 0 Å². The highest BCUT2D eigenvalue weighted by Crippen LogP contribution is 2.35. The molecule has 0 saturated carbocycles. The molecule has 1 amide bonds. The van der Waals surface area contributed by atoms with Gasteiger partial charge in [0.15, 0.2) is 11.6 Å². The lowest BCUT2D eigenvalue weighted by Gasteiger charge is -2.41. The molecular weight excluding hydrogens is 524 g/mol. The van der Waals surface area contributed by atoms with E-state index in [0.29, 0.717) is 74.1 Å². The van der Waals surface area contributed by atoms with Crippen LogP contribution in [-0.2, 0) is 4.79 Å². The van der Waals surface area contributed by atoms with E-state index >= 15 is 0 Å². The molecule has 4 heterocycles. The summed E-state index contributed by atoms with van der Waals surface area (Å²) < 4.78 is 33.8. The summed E-state index contributed by atoms with van der Waals surface area (Å²) in [6.07, 6.45) is 5.15. The molecular formula is C29H28ClF2N5O2. The number of aromatic nitrogens is 2. The number of nitriles is 1. The van der Waals surface area contributed by atoms with Gasteiger partial charge in [0.05, 0.1) is 23.3 Å². The molecule has 39 heavy (non-hydrogen) atoms. The van der Waals surface area contributed by atoms with Crippen LogP contribution >= 0.6 is 11.6 Å². The predicted molar refractivity (Wildman–Crippen MR) is 142 cm³/mol. The summed E-state index contributed by atoms with van der Waals surface area (Å²) >= 11 is 5.91. The number of anilines is 1. The lowest BCUT2D eigenvalue weighted by Crippen LogP contribution is -2.48. The van der Waals surface area contributed by atoms with Crippen LogP contribution in [0.1, 0.15) is 36.3 Å². The van der Waals surface area contributed by atoms with Crippen LogP contribution in [0.3, 0.4) is 0 Å². The van der Waals surface area contributed by atoms with Gasteiger partial charge in [0.2, 0.25) is 11.8 Å². The highest BCUT2D eigenvalue weighted by molar-refractivity contribution is 6.30. The highest BCUT2D eigenvalue weighted by atomic mass is 35.5. The Morgan fingerprint density at radius 1 is 1.05 bits per heavy atom. The standard InChI is InChI=1S/C29H28ClF2N5O2/c30-23-2-4-28(35-16-23)39-18-22-8-12-37(17-24(22)21-1-3-25(31)26(32)14-21)29(38)20-6-10-36(11-7-20)27-13-19(15-33)5-9-34-27/h1-5,9,13-14,16,20,22,24H,6-8,10-12,17-18H2/t22-,24-/m1/s1. The number of halogens is 3. The van der Waals surface area contributed by atoms with Gasteiger partial charge in [-0.1, -0.05) is 17.7 Å². The number of rotatable bonds is 6. The molecule has 0 spiro atoms. The minimum absolute atomic E-state index is 0.0169. The summed E-state index contributed by atoms with van der Waals surface area (Å²) in [5, 5.41) is 9.68. The Morgan fingerprint density at radius 3 is 2.59 bits per heavy atom. The first kappa shape index (κ1) is 26.8. The first-order chi connectivity index (χ1) is 18.9. The molecule has 0 aliphatic carbocycles. The number of ether oxygens (including phenoxy) is 1. The number of hydrogen-bond acceptors (Lipinski definition) is 6. The van der Waals surface area contributed by atoms with Gasteiger partial charge in [0, 0.05) is 62.4 Å². The Kier molecular flexibility index (Phi) is 8.22. The fraction of sp³-hybridized carbons (Fsp3) is 0.379. The van der Waals surface area contributed by atoms with Gasteiger partial charge in [-0.3, -0.25) is 4.79 Å². The van der Waals surface area contributed by atoms with E-state index in [9.17, 15) is 18.8 Å². The van der Waals surface area contributed by atoms with E-state index in [0.717, 1.165) is 11.9 Å². The molecule has 5 rings (SSSR count). The van der Waals surface area contributed by atoms with Crippen molar-refractivity contribution in [2.24, 2.45) is 11.8 Å². The Hall–Kier alpha value is -3.77. The third-order valence-corrected chi connectivity index (χ3v) is 7.85. The normalized spacial score (nSPS) is 19.9. The van der Waals surface area contributed by atoms with Crippen LogP contribution in [0.25, 0.3) is 0 Å². The summed E-state index contributed by atoms with van der Waals surface area (Å²) in [6.45, 7) is 2.63. The zero-order valence-corrected chi connectivity index (χ0v) is 22.0. The molecule has 2 atom stereocenters. The van der Waals surface area contributed by atoms with Gasteiger partial charge in [-0.15, -0.1) is 0 Å². The van der Waals surface area contributed by atoms with Gasteiger partial charge >= 0.3 is 0 Å². The minimum atomic E-state index is -0.906. The van der Waals surface area contributed by atoms with Gasteiger partial charge in [0.25, 0.3) is 0 Å². The van der Waals surface area contributed by atoms with E-state index in [-0.39, 0.29) is 23.7 Å². The number of hydrogen-bond donors (Lipinski definition) is 0. The lowest BCUT2D eigenvalue weighted by molar-refractivity contribution is -0.138. The van der Waals surface area contributed by atoms with Crippen molar-refractivity contribution in [1.29, 1.82) is 5.26 Å². The van der Waals surface area contributed by atoms with Crippen LogP contribution in [0.2, 0.25) is 5.02 Å². The monoisotopic (exact) mass is 551 g/mol. The predicted octanol–water partition coefficient (Wildman–Crippen LogP) is 5.21. The second kappa shape index (κ2) is 12.0. The third kappa shape index (κ3) is 6.28. The largest absolute Gasteiger partial charge is 0.477 e. The average molecular weight is 552 g/mol. The first-order valence-corrected chi connectivity index (χ1v) is 13.4. The Morgan fingerprint density at radius 2 is 1.87 bits per heavy atom. The third-order valence-electron chi connectivity index (χ3n) is 7.63. The van der Waals surface area contributed by atoms with Crippen molar-refractivity contribution < 1.29 is 18.3 Å². The Labute approximate surface area is 231 Å². The Bertz CT molecular complexity index is 1360. The molecule has 3 aromatic rings. The molecule has 2 aliphatic rings. The first-order valence-electron chi connectivity index (χ1n) is 13.0. The van der Waals surface area contributed by atoms with Crippen molar-refractivity contribution in [1.82, 2.24) is 14.9 Å². The number of pyridine rings is 2. The van der Waals surface area contributed by atoms with Crippen LogP contribution in [0.15, 0.2) is 54.9 Å². The maximum Gasteiger partial charge on any atom is 0.225 e. The molecule has 0 unspecified atom stereocenters. The number of nitrogens with zero attached hydrogens (tertiary/aromatic N) is 5. The van der Waals surface area contributed by atoms with E-state index in [2.05, 4.69) is 20.9 Å². The van der Waals surface area contributed by atoms with Crippen LogP contribution < -0.4 is 9.64 Å². The van der Waals surface area contributed by atoms with Gasteiger partial charge in [-0.05, 0) is 55.2 Å². The quantitative estimate of drug-likeness (QED) is 0.418. The fourth-order valence-corrected chi connectivity index (χ4v) is 5.55. The lowest BCUT2D eigenvalue weighted by atomic mass is 9.80. The molecule has 2 saturated heterocycles. The topological polar surface area (TPSA) is 82.4 Å². The van der Waals surface area contributed by atoms with Crippen molar-refractivity contribution >= 4 is 23.3 Å². The Balaban J connectivity index is 1.26. The van der Waals surface area contributed by atoms with Gasteiger partial charge in [-0.2, -0.15) is 5.26 Å². The van der Waals surface area contributed by atoms with Gasteiger partial charge in [0.1, 0.15) is 5.82 Å². The molecule has 7 nitrogen and oxygen atoms in total. The summed E-state index contributed by atoms with van der Waals surface area (Å²) in [5.41, 5.74) is 1.20. The van der Waals surface area contributed by atoms with Crippen molar-refractivity contribution in [2.75, 3.05) is 37.7 Å². The number of amides is 1. The molecule has 2 fully saturated rings. The van der Waals surface area contributed by atoms with Crippen LogP contribution in [-0.4, -0.2) is 53.6 Å². The summed E-state index contributed by atoms with van der Waals surface area (Å²) in [4.78, 5) is 26.1. The van der Waals surface area contributed by atoms with E-state index in [4.69, 9.17) is 16.3 Å². The second-order valence-electron chi connectivity index (χ2n) is 10.0. The molecule has 1 aromatic carbocycles. The number of carbonyl (C=O) groups is 1. The van der Waals surface area contributed by atoms with Gasteiger partial charge in [-0.25, -0.2) is 18.7 Å². The number of benzene rings is 1. The highest BCUT2D eigenvalue weighted by Gasteiger charge is 2.36. The molecule has 0 bridgehead atoms. The molecule has 202 valence electrons. The summed E-state index contributed by atoms with van der Waals surface area (Å²) in [5.74, 6) is -0.909. The molecule has 0 radical (unpaired) electrons. The SMILES string of the molecule is N#Cc1ccnc(N2CCC(C(=O)N3CC[C@H](COc4ccc(Cl)cn4)[C@@H](c4ccc(F)c(F)c4)C3)CC2)c1. The second-order valence-corrected chi connectivity index (χ2v) is 10.5. The maximum atomic E-state index is 14.2. The number of likely N-dealkylation sites (tertiary alicyclic amines) is 1. The fourth-order valence-electron chi connectivity index (χ4n) is 5.44. The van der Waals surface area contributed by atoms with Crippen molar-refractivity contribution in [2.45, 2.75) is 25.2 Å². The van der Waals surface area contributed by atoms with Crippen molar-refractivity contribution in [3.05, 3.63) is 82.6 Å². The number of piperidine rings is 2. The van der Waals surface area contributed by atoms with Gasteiger partial charge < -0.3 is 14.5 Å².